The summed E-state index contributed by atoms with van der Waals surface area (Å²) < 4.78 is 45.6. The van der Waals surface area contributed by atoms with Gasteiger partial charge in [-0.2, -0.15) is 18.3 Å². The average molecular weight is 429 g/mol. The van der Waals surface area contributed by atoms with Crippen LogP contribution in [0.1, 0.15) is 45.8 Å². The van der Waals surface area contributed by atoms with Gasteiger partial charge in [0, 0.05) is 17.5 Å². The van der Waals surface area contributed by atoms with Gasteiger partial charge in [0.05, 0.1) is 40.1 Å². The molecule has 10 heteroatoms. The van der Waals surface area contributed by atoms with E-state index in [4.69, 9.17) is 4.52 Å². The minimum atomic E-state index is -4.45. The van der Waals surface area contributed by atoms with Crippen molar-refractivity contribution < 1.29 is 22.5 Å². The summed E-state index contributed by atoms with van der Waals surface area (Å²) in [5, 5.41) is 11.6. The Bertz CT molecular complexity index is 1280. The van der Waals surface area contributed by atoms with Crippen LogP contribution < -0.4 is 5.32 Å². The van der Waals surface area contributed by atoms with E-state index in [1.807, 2.05) is 0 Å². The molecule has 1 N–H and O–H groups in total. The second-order valence-electron chi connectivity index (χ2n) is 7.19. The van der Waals surface area contributed by atoms with Crippen LogP contribution in [0.25, 0.3) is 16.8 Å². The molecule has 160 valence electrons. The minimum Gasteiger partial charge on any atom is -0.345 e. The van der Waals surface area contributed by atoms with Gasteiger partial charge >= 0.3 is 6.18 Å². The molecule has 4 aromatic rings. The molecule has 4 rings (SSSR count). The van der Waals surface area contributed by atoms with E-state index >= 15 is 0 Å². The van der Waals surface area contributed by atoms with E-state index in [-0.39, 0.29) is 11.6 Å². The standard InChI is InChI=1S/C21H18F3N5O2/c1-11(27-19(30)14-7-17-12(2)28-31-20(17)25-9-14)18-10-26-29(13(18)3)16-6-4-5-15(8-16)21(22,23)24/h4-11H,1-3H3,(H,27,30)/t11-/m0/s1. The highest BCUT2D eigenvalue weighted by Gasteiger charge is 2.30. The topological polar surface area (TPSA) is 85.8 Å². The van der Waals surface area contributed by atoms with Gasteiger partial charge in [-0.3, -0.25) is 4.79 Å². The number of aromatic nitrogens is 4. The van der Waals surface area contributed by atoms with Gasteiger partial charge in [-0.1, -0.05) is 11.2 Å². The van der Waals surface area contributed by atoms with Gasteiger partial charge in [-0.05, 0) is 45.0 Å². The van der Waals surface area contributed by atoms with Crippen molar-refractivity contribution >= 4 is 17.0 Å². The van der Waals surface area contributed by atoms with Crippen LogP contribution in [0.4, 0.5) is 13.2 Å². The monoisotopic (exact) mass is 429 g/mol. The third-order valence-corrected chi connectivity index (χ3v) is 5.05. The zero-order chi connectivity index (χ0) is 22.3. The van der Waals surface area contributed by atoms with E-state index in [9.17, 15) is 18.0 Å². The Morgan fingerprint density at radius 2 is 1.97 bits per heavy atom. The van der Waals surface area contributed by atoms with Gasteiger partial charge < -0.3 is 9.84 Å². The fourth-order valence-corrected chi connectivity index (χ4v) is 3.35. The third-order valence-electron chi connectivity index (χ3n) is 5.05. The molecule has 1 aromatic carbocycles. The maximum absolute atomic E-state index is 13.0. The summed E-state index contributed by atoms with van der Waals surface area (Å²) in [5.41, 5.74) is 2.15. The number of rotatable bonds is 4. The van der Waals surface area contributed by atoms with Crippen molar-refractivity contribution in [3.63, 3.8) is 0 Å². The molecule has 0 aliphatic carbocycles. The Hall–Kier alpha value is -3.69. The predicted molar refractivity (Wildman–Crippen MR) is 106 cm³/mol. The first-order chi connectivity index (χ1) is 14.6. The molecule has 0 bridgehead atoms. The number of nitrogens with one attached hydrogen (secondary N) is 1. The van der Waals surface area contributed by atoms with Crippen molar-refractivity contribution in [2.75, 3.05) is 0 Å². The van der Waals surface area contributed by atoms with Crippen molar-refractivity contribution in [1.82, 2.24) is 25.2 Å². The van der Waals surface area contributed by atoms with Crippen molar-refractivity contribution in [2.24, 2.45) is 0 Å². The first-order valence-electron chi connectivity index (χ1n) is 9.40. The lowest BCUT2D eigenvalue weighted by molar-refractivity contribution is -0.137. The molecule has 0 fully saturated rings. The molecule has 3 aromatic heterocycles. The first-order valence-corrected chi connectivity index (χ1v) is 9.40. The summed E-state index contributed by atoms with van der Waals surface area (Å²) in [6.45, 7) is 5.26. The molecule has 31 heavy (non-hydrogen) atoms. The van der Waals surface area contributed by atoms with Crippen LogP contribution in [-0.4, -0.2) is 25.8 Å². The Kier molecular flexibility index (Phi) is 5.00. The normalized spacial score (nSPS) is 12.8. The number of halogens is 3. The third kappa shape index (κ3) is 3.88. The zero-order valence-electron chi connectivity index (χ0n) is 16.9. The van der Waals surface area contributed by atoms with Crippen LogP contribution in [0.5, 0.6) is 0 Å². The number of fused-ring (bicyclic) bond motifs is 1. The van der Waals surface area contributed by atoms with Crippen molar-refractivity contribution in [3.8, 4) is 5.69 Å². The van der Waals surface area contributed by atoms with Gasteiger partial charge in [0.15, 0.2) is 0 Å². The maximum Gasteiger partial charge on any atom is 0.416 e. The molecule has 0 radical (unpaired) electrons. The fraction of sp³-hybridized carbons (Fsp3) is 0.238. The smallest absolute Gasteiger partial charge is 0.345 e. The molecular formula is C21H18F3N5O2. The largest absolute Gasteiger partial charge is 0.416 e. The average Bonchev–Trinajstić information content (AvgIpc) is 3.30. The van der Waals surface area contributed by atoms with Crippen molar-refractivity contribution in [3.05, 3.63) is 70.8 Å². The molecule has 0 saturated heterocycles. The highest BCUT2D eigenvalue weighted by atomic mass is 19.4. The highest BCUT2D eigenvalue weighted by Crippen LogP contribution is 2.31. The number of alkyl halides is 3. The van der Waals surface area contributed by atoms with Gasteiger partial charge in [0.2, 0.25) is 0 Å². The zero-order valence-corrected chi connectivity index (χ0v) is 16.9. The minimum absolute atomic E-state index is 0.287. The summed E-state index contributed by atoms with van der Waals surface area (Å²) in [6.07, 6.45) is -1.51. The van der Waals surface area contributed by atoms with E-state index in [0.717, 1.165) is 12.1 Å². The number of aryl methyl sites for hydroxylation is 1. The second kappa shape index (κ2) is 7.53. The predicted octanol–water partition coefficient (Wildman–Crippen LogP) is 4.54. The van der Waals surface area contributed by atoms with Gasteiger partial charge in [-0.25, -0.2) is 9.67 Å². The molecule has 0 spiro atoms. The van der Waals surface area contributed by atoms with Crippen LogP contribution in [0.2, 0.25) is 0 Å². The van der Waals surface area contributed by atoms with Crippen molar-refractivity contribution in [2.45, 2.75) is 33.0 Å². The molecular weight excluding hydrogens is 411 g/mol. The molecule has 1 atom stereocenters. The number of pyridine rings is 1. The van der Waals surface area contributed by atoms with E-state index in [0.29, 0.717) is 33.6 Å². The number of carbonyl (C=O) groups excluding carboxylic acids is 1. The lowest BCUT2D eigenvalue weighted by Gasteiger charge is -2.14. The number of hydrogen-bond donors (Lipinski definition) is 1. The Morgan fingerprint density at radius 3 is 2.71 bits per heavy atom. The van der Waals surface area contributed by atoms with Gasteiger partial charge in [-0.15, -0.1) is 0 Å². The Labute approximate surface area is 174 Å². The molecule has 7 nitrogen and oxygen atoms in total. The Balaban J connectivity index is 1.57. The van der Waals surface area contributed by atoms with E-state index < -0.39 is 17.8 Å². The van der Waals surface area contributed by atoms with E-state index in [1.165, 1.54) is 23.1 Å². The number of hydrogen-bond acceptors (Lipinski definition) is 5. The van der Waals surface area contributed by atoms with Crippen LogP contribution in [-0.2, 0) is 6.18 Å². The van der Waals surface area contributed by atoms with E-state index in [2.05, 4.69) is 20.6 Å². The SMILES string of the molecule is Cc1noc2ncc(C(=O)N[C@@H](C)c3cnn(-c4cccc(C(F)(F)F)c4)c3C)cc12. The molecule has 0 aliphatic rings. The van der Waals surface area contributed by atoms with Crippen LogP contribution in [0.15, 0.2) is 47.2 Å². The number of amides is 1. The number of nitrogens with zero attached hydrogens (tertiary/aromatic N) is 4. The summed E-state index contributed by atoms with van der Waals surface area (Å²) in [5.74, 6) is -0.353. The molecule has 1 amide bonds. The van der Waals surface area contributed by atoms with Crippen LogP contribution >= 0.6 is 0 Å². The van der Waals surface area contributed by atoms with Gasteiger partial charge in [0.1, 0.15) is 0 Å². The molecule has 0 unspecified atom stereocenters. The second-order valence-corrected chi connectivity index (χ2v) is 7.19. The fourth-order valence-electron chi connectivity index (χ4n) is 3.35. The maximum atomic E-state index is 13.0. The summed E-state index contributed by atoms with van der Waals surface area (Å²) in [6, 6.07) is 6.13. The highest BCUT2D eigenvalue weighted by molar-refractivity contribution is 5.97. The summed E-state index contributed by atoms with van der Waals surface area (Å²) in [4.78, 5) is 16.8. The number of benzene rings is 1. The van der Waals surface area contributed by atoms with Gasteiger partial charge in [0.25, 0.3) is 11.6 Å². The lowest BCUT2D eigenvalue weighted by atomic mass is 10.1. The van der Waals surface area contributed by atoms with Crippen molar-refractivity contribution in [1.29, 1.82) is 0 Å². The van der Waals surface area contributed by atoms with Crippen LogP contribution in [0, 0.1) is 13.8 Å². The Morgan fingerprint density at radius 1 is 1.19 bits per heavy atom. The van der Waals surface area contributed by atoms with E-state index in [1.54, 1.807) is 32.9 Å². The molecule has 0 saturated carbocycles. The lowest BCUT2D eigenvalue weighted by Crippen LogP contribution is -2.27. The quantitative estimate of drug-likeness (QED) is 0.515. The van der Waals surface area contributed by atoms with Crippen LogP contribution in [0.3, 0.4) is 0 Å². The molecule has 0 aliphatic heterocycles. The molecule has 3 heterocycles. The number of carbonyl (C=O) groups is 1. The summed E-state index contributed by atoms with van der Waals surface area (Å²) >= 11 is 0. The summed E-state index contributed by atoms with van der Waals surface area (Å²) in [7, 11) is 0. The first kappa shape index (κ1) is 20.6.